The molecule has 39 heavy (non-hydrogen) atoms. The number of benzene rings is 2. The number of carbonyl (C=O) groups is 1. The minimum absolute atomic E-state index is 0.0960. The van der Waals surface area contributed by atoms with E-state index in [-0.39, 0.29) is 17.7 Å². The molecule has 1 fully saturated rings. The number of ether oxygens (including phenoxy) is 3. The van der Waals surface area contributed by atoms with Crippen LogP contribution in [0.2, 0.25) is 0 Å². The van der Waals surface area contributed by atoms with Crippen molar-refractivity contribution in [3.05, 3.63) is 77.1 Å². The van der Waals surface area contributed by atoms with Gasteiger partial charge in [-0.1, -0.05) is 41.6 Å². The molecule has 2 aromatic carbocycles. The zero-order valence-corrected chi connectivity index (χ0v) is 22.2. The maximum absolute atomic E-state index is 11.8. The maximum atomic E-state index is 11.8. The largest absolute Gasteiger partial charge is 0.497 e. The van der Waals surface area contributed by atoms with Crippen molar-refractivity contribution in [1.29, 1.82) is 0 Å². The number of methoxy groups -OCH3 is 2. The van der Waals surface area contributed by atoms with Crippen molar-refractivity contribution in [2.45, 2.75) is 50.7 Å². The summed E-state index contributed by atoms with van der Waals surface area (Å²) in [6.45, 7) is 1.01. The van der Waals surface area contributed by atoms with E-state index < -0.39 is 5.97 Å². The van der Waals surface area contributed by atoms with Crippen molar-refractivity contribution >= 4 is 5.97 Å². The van der Waals surface area contributed by atoms with Crippen molar-refractivity contribution in [1.82, 2.24) is 25.2 Å². The van der Waals surface area contributed by atoms with Crippen LogP contribution in [0, 0.1) is 0 Å². The first-order valence-corrected chi connectivity index (χ1v) is 13.1. The molecule has 0 unspecified atom stereocenters. The van der Waals surface area contributed by atoms with E-state index in [2.05, 4.69) is 50.8 Å². The fourth-order valence-electron chi connectivity index (χ4n) is 5.01. The molecule has 1 aliphatic rings. The van der Waals surface area contributed by atoms with Gasteiger partial charge in [0.25, 0.3) is 0 Å². The molecule has 0 bridgehead atoms. The molecule has 0 spiro atoms. The van der Waals surface area contributed by atoms with Gasteiger partial charge in [-0.3, -0.25) is 5.10 Å². The number of H-pyrrole nitrogens is 1. The Hall–Kier alpha value is -4.18. The van der Waals surface area contributed by atoms with E-state index in [1.807, 2.05) is 24.3 Å². The summed E-state index contributed by atoms with van der Waals surface area (Å²) in [5.74, 6) is 0.230. The number of aromatic carboxylic acids is 1. The predicted octanol–water partition coefficient (Wildman–Crippen LogP) is 4.72. The lowest BCUT2D eigenvalue weighted by molar-refractivity contribution is 0.0676. The summed E-state index contributed by atoms with van der Waals surface area (Å²) in [7, 11) is 3.31. The van der Waals surface area contributed by atoms with Crippen molar-refractivity contribution in [3.8, 4) is 22.9 Å². The van der Waals surface area contributed by atoms with E-state index in [1.165, 1.54) is 10.2 Å². The average molecular weight is 532 g/mol. The molecule has 0 amide bonds. The third-order valence-corrected chi connectivity index (χ3v) is 7.22. The summed E-state index contributed by atoms with van der Waals surface area (Å²) in [4.78, 5) is 11.8. The number of aromatic nitrogens is 5. The smallest absolute Gasteiger partial charge is 0.362 e. The van der Waals surface area contributed by atoms with Gasteiger partial charge in [0.1, 0.15) is 11.9 Å². The molecular formula is C29H33N5O5. The standard InChI is InChI=1S/C29H33N5O5/c1-37-16-15-23-17-26(31-30-23)22-7-5-20(6-8-22)21-9-13-25(14-10-21)39-28-27(29(35)36)32-33-34(28)18-19-3-11-24(38-2)12-4-19/h3-8,11-12,17,21,25H,9-10,13-16,18H2,1-2H3,(H,30,31)(H,35,36). The highest BCUT2D eigenvalue weighted by molar-refractivity contribution is 5.87. The fourth-order valence-corrected chi connectivity index (χ4v) is 5.01. The Morgan fingerprint density at radius 1 is 1.05 bits per heavy atom. The normalized spacial score (nSPS) is 17.2. The van der Waals surface area contributed by atoms with E-state index in [9.17, 15) is 9.90 Å². The predicted molar refractivity (Wildman–Crippen MR) is 144 cm³/mol. The van der Waals surface area contributed by atoms with Gasteiger partial charge in [-0.15, -0.1) is 5.10 Å². The molecule has 2 aromatic heterocycles. The second-order valence-corrected chi connectivity index (χ2v) is 9.79. The molecule has 10 heteroatoms. The first-order chi connectivity index (χ1) is 19.0. The molecule has 1 saturated carbocycles. The molecule has 204 valence electrons. The number of carboxylic acid groups (broad SMARTS) is 1. The number of nitrogens with one attached hydrogen (secondary N) is 1. The van der Waals surface area contributed by atoms with Gasteiger partial charge >= 0.3 is 5.97 Å². The lowest BCUT2D eigenvalue weighted by atomic mass is 9.82. The second kappa shape index (κ2) is 12.1. The van der Waals surface area contributed by atoms with Gasteiger partial charge < -0.3 is 19.3 Å². The molecular weight excluding hydrogens is 498 g/mol. The number of nitrogens with zero attached hydrogens (tertiary/aromatic N) is 4. The van der Waals surface area contributed by atoms with Gasteiger partial charge in [0.05, 0.1) is 26.0 Å². The van der Waals surface area contributed by atoms with Gasteiger partial charge in [0.15, 0.2) is 0 Å². The van der Waals surface area contributed by atoms with E-state index in [4.69, 9.17) is 14.2 Å². The molecule has 2 heterocycles. The van der Waals surface area contributed by atoms with Gasteiger partial charge in [-0.25, -0.2) is 9.48 Å². The van der Waals surface area contributed by atoms with Gasteiger partial charge in [0.2, 0.25) is 11.6 Å². The zero-order chi connectivity index (χ0) is 27.2. The summed E-state index contributed by atoms with van der Waals surface area (Å²) in [5.41, 5.74) is 5.14. The summed E-state index contributed by atoms with van der Waals surface area (Å²) in [5, 5.41) is 25.1. The minimum atomic E-state index is -1.15. The summed E-state index contributed by atoms with van der Waals surface area (Å²) >= 11 is 0. The van der Waals surface area contributed by atoms with E-state index in [0.29, 0.717) is 19.1 Å². The van der Waals surface area contributed by atoms with Crippen LogP contribution in [0.15, 0.2) is 54.6 Å². The van der Waals surface area contributed by atoms with Crippen molar-refractivity contribution in [3.63, 3.8) is 0 Å². The number of hydrogen-bond donors (Lipinski definition) is 2. The average Bonchev–Trinajstić information content (AvgIpc) is 3.60. The van der Waals surface area contributed by atoms with Crippen LogP contribution in [0.3, 0.4) is 0 Å². The molecule has 5 rings (SSSR count). The van der Waals surface area contributed by atoms with Crippen LogP contribution in [0.4, 0.5) is 0 Å². The number of hydrogen-bond acceptors (Lipinski definition) is 7. The maximum Gasteiger partial charge on any atom is 0.362 e. The highest BCUT2D eigenvalue weighted by Gasteiger charge is 2.28. The second-order valence-electron chi connectivity index (χ2n) is 9.79. The lowest BCUT2D eigenvalue weighted by Crippen LogP contribution is -2.25. The first-order valence-electron chi connectivity index (χ1n) is 13.1. The highest BCUT2D eigenvalue weighted by Crippen LogP contribution is 2.36. The molecule has 0 radical (unpaired) electrons. The number of carboxylic acids is 1. The third kappa shape index (κ3) is 6.28. The van der Waals surface area contributed by atoms with Crippen LogP contribution in [-0.2, 0) is 17.7 Å². The monoisotopic (exact) mass is 531 g/mol. The molecule has 2 N–H and O–H groups in total. The Labute approximate surface area is 226 Å². The van der Waals surface area contributed by atoms with Crippen molar-refractivity contribution < 1.29 is 24.1 Å². The Bertz CT molecular complexity index is 1370. The van der Waals surface area contributed by atoms with Crippen molar-refractivity contribution in [2.75, 3.05) is 20.8 Å². The number of aromatic amines is 1. The van der Waals surface area contributed by atoms with E-state index in [0.717, 1.165) is 60.4 Å². The van der Waals surface area contributed by atoms with Crippen LogP contribution in [0.25, 0.3) is 11.3 Å². The Balaban J connectivity index is 1.20. The zero-order valence-electron chi connectivity index (χ0n) is 22.2. The Morgan fingerprint density at radius 2 is 1.79 bits per heavy atom. The van der Waals surface area contributed by atoms with Gasteiger partial charge in [-0.2, -0.15) is 5.10 Å². The van der Waals surface area contributed by atoms with Crippen LogP contribution < -0.4 is 9.47 Å². The molecule has 0 atom stereocenters. The molecule has 4 aromatic rings. The van der Waals surface area contributed by atoms with Crippen molar-refractivity contribution in [2.24, 2.45) is 0 Å². The Morgan fingerprint density at radius 3 is 2.46 bits per heavy atom. The van der Waals surface area contributed by atoms with Gasteiger partial charge in [-0.05, 0) is 60.9 Å². The fraction of sp³-hybridized carbons (Fsp3) is 0.379. The minimum Gasteiger partial charge on any atom is -0.497 e. The summed E-state index contributed by atoms with van der Waals surface area (Å²) in [6.07, 6.45) is 4.26. The van der Waals surface area contributed by atoms with Gasteiger partial charge in [0, 0.05) is 24.8 Å². The quantitative estimate of drug-likeness (QED) is 0.285. The van der Waals surface area contributed by atoms with E-state index >= 15 is 0 Å². The first kappa shape index (κ1) is 26.4. The number of rotatable bonds is 11. The van der Waals surface area contributed by atoms with Crippen LogP contribution in [-0.4, -0.2) is 63.2 Å². The third-order valence-electron chi connectivity index (χ3n) is 7.22. The van der Waals surface area contributed by atoms with Crippen LogP contribution in [0.5, 0.6) is 11.6 Å². The lowest BCUT2D eigenvalue weighted by Gasteiger charge is -2.29. The summed E-state index contributed by atoms with van der Waals surface area (Å²) < 4.78 is 18.1. The summed E-state index contributed by atoms with van der Waals surface area (Å²) in [6, 6.07) is 18.2. The van der Waals surface area contributed by atoms with Crippen LogP contribution >= 0.6 is 0 Å². The highest BCUT2D eigenvalue weighted by atomic mass is 16.5. The van der Waals surface area contributed by atoms with Crippen LogP contribution in [0.1, 0.15) is 58.9 Å². The Kier molecular flexibility index (Phi) is 8.21. The topological polar surface area (TPSA) is 124 Å². The molecule has 1 aliphatic carbocycles. The molecule has 0 aliphatic heterocycles. The van der Waals surface area contributed by atoms with E-state index in [1.54, 1.807) is 14.2 Å². The SMILES string of the molecule is COCCc1cc(-c2ccc(C3CCC(Oc4c(C(=O)O)nnn4Cc4ccc(OC)cc4)CC3)cc2)n[nH]1. The molecule has 0 saturated heterocycles. The molecule has 10 nitrogen and oxygen atoms in total.